The summed E-state index contributed by atoms with van der Waals surface area (Å²) in [5, 5.41) is 0. The maximum absolute atomic E-state index is 11.0. The molecule has 0 aliphatic rings. The summed E-state index contributed by atoms with van der Waals surface area (Å²) in [6.45, 7) is 6.37. The van der Waals surface area contributed by atoms with Gasteiger partial charge in [-0.05, 0) is 19.8 Å². The van der Waals surface area contributed by atoms with Gasteiger partial charge in [-0.25, -0.2) is 0 Å². The molecule has 0 rings (SSSR count). The summed E-state index contributed by atoms with van der Waals surface area (Å²) in [6, 6.07) is 0. The molecule has 0 aliphatic heterocycles. The smallest absolute Gasteiger partial charge is 0.132 e. The van der Waals surface area contributed by atoms with E-state index in [4.69, 9.17) is 0 Å². The molecule has 0 atom stereocenters. The molecule has 0 saturated heterocycles. The van der Waals surface area contributed by atoms with E-state index in [1.165, 1.54) is 19.3 Å². The van der Waals surface area contributed by atoms with E-state index in [0.717, 1.165) is 19.3 Å². The van der Waals surface area contributed by atoms with Crippen LogP contribution in [0.5, 0.6) is 0 Å². The van der Waals surface area contributed by atoms with E-state index < -0.39 is 0 Å². The molecule has 1 heteroatoms. The summed E-state index contributed by atoms with van der Waals surface area (Å²) >= 11 is 0. The van der Waals surface area contributed by atoms with Crippen molar-refractivity contribution in [3.63, 3.8) is 0 Å². The van der Waals surface area contributed by atoms with E-state index in [2.05, 4.69) is 13.8 Å². The highest BCUT2D eigenvalue weighted by Crippen LogP contribution is 2.20. The van der Waals surface area contributed by atoms with Crippen LogP contribution in [0.25, 0.3) is 0 Å². The second-order valence-electron chi connectivity index (χ2n) is 3.60. The minimum atomic E-state index is 0.409. The van der Waals surface area contributed by atoms with Gasteiger partial charge in [0, 0.05) is 12.8 Å². The summed E-state index contributed by atoms with van der Waals surface area (Å²) in [4.78, 5) is 11.0. The Morgan fingerprint density at radius 2 is 1.85 bits per heavy atom. The zero-order chi connectivity index (χ0) is 10.1. The lowest BCUT2D eigenvalue weighted by atomic mass is 9.94. The quantitative estimate of drug-likeness (QED) is 0.521. The van der Waals surface area contributed by atoms with E-state index >= 15 is 0 Å². The first-order chi connectivity index (χ1) is 6.24. The fourth-order valence-corrected chi connectivity index (χ4v) is 1.54. The fraction of sp³-hybridized carbons (Fsp3) is 0.833. The van der Waals surface area contributed by atoms with Crippen molar-refractivity contribution >= 4 is 5.78 Å². The minimum absolute atomic E-state index is 0.409. The van der Waals surface area contributed by atoms with Crippen LogP contribution in [-0.4, -0.2) is 5.78 Å². The number of Topliss-reactive ketones (excluding diaryl/α,β-unsaturated/α-hetero) is 1. The Morgan fingerprint density at radius 3 is 2.31 bits per heavy atom. The van der Waals surface area contributed by atoms with Gasteiger partial charge in [0.05, 0.1) is 25.2 Å². The molecule has 0 fully saturated rings. The summed E-state index contributed by atoms with van der Waals surface area (Å²) in [5.74, 6) is 2.04. The van der Waals surface area contributed by atoms with Gasteiger partial charge in [0.15, 0.2) is 0 Å². The number of carbonyl (C=O) groups excluding carboxylic acids is 1. The molecule has 0 aromatic heterocycles. The Labute approximate surface area is 82.9 Å². The molecule has 0 unspecified atom stereocenters. The number of hydrogen-bond donors (Lipinski definition) is 0. The average molecular weight is 183 g/mol. The Morgan fingerprint density at radius 1 is 1.15 bits per heavy atom. The van der Waals surface area contributed by atoms with E-state index in [1.54, 1.807) is 5.92 Å². The summed E-state index contributed by atoms with van der Waals surface area (Å²) in [7, 11) is 0. The molecule has 1 nitrogen and oxygen atoms in total. The van der Waals surface area contributed by atoms with Crippen LogP contribution in [0.4, 0.5) is 0 Å². The van der Waals surface area contributed by atoms with Crippen molar-refractivity contribution in [2.75, 3.05) is 0 Å². The second-order valence-corrected chi connectivity index (χ2v) is 3.60. The standard InChI is InChI=1S/C12H23O/c1-4-8-11(5-2)9-7-10-12(13)6-3/h4-10H2,1-3H3/q+1. The second kappa shape index (κ2) is 8.15. The van der Waals surface area contributed by atoms with Crippen molar-refractivity contribution in [2.24, 2.45) is 0 Å². The van der Waals surface area contributed by atoms with E-state index in [9.17, 15) is 4.79 Å². The van der Waals surface area contributed by atoms with Crippen molar-refractivity contribution in [2.45, 2.75) is 65.7 Å². The van der Waals surface area contributed by atoms with Gasteiger partial charge in [0.2, 0.25) is 0 Å². The Hall–Kier alpha value is -0.460. The van der Waals surface area contributed by atoms with Crippen molar-refractivity contribution in [1.29, 1.82) is 0 Å². The van der Waals surface area contributed by atoms with Crippen LogP contribution in [0.2, 0.25) is 0 Å². The first-order valence-corrected chi connectivity index (χ1v) is 5.59. The molecule has 0 amide bonds. The van der Waals surface area contributed by atoms with Gasteiger partial charge in [-0.15, -0.1) is 0 Å². The van der Waals surface area contributed by atoms with Crippen LogP contribution in [-0.2, 0) is 4.79 Å². The van der Waals surface area contributed by atoms with Crippen LogP contribution in [0.1, 0.15) is 65.7 Å². The van der Waals surface area contributed by atoms with Crippen LogP contribution in [0, 0.1) is 5.92 Å². The Balaban J connectivity index is 3.42. The largest absolute Gasteiger partial charge is 0.300 e. The monoisotopic (exact) mass is 183 g/mol. The molecule has 0 aromatic rings. The van der Waals surface area contributed by atoms with Crippen LogP contribution in [0.3, 0.4) is 0 Å². The average Bonchev–Trinajstić information content (AvgIpc) is 2.16. The first-order valence-electron chi connectivity index (χ1n) is 5.59. The zero-order valence-corrected chi connectivity index (χ0v) is 9.36. The zero-order valence-electron chi connectivity index (χ0n) is 9.36. The van der Waals surface area contributed by atoms with Crippen LogP contribution in [0.15, 0.2) is 0 Å². The predicted molar refractivity (Wildman–Crippen MR) is 57.6 cm³/mol. The number of ketones is 1. The van der Waals surface area contributed by atoms with Gasteiger partial charge >= 0.3 is 0 Å². The molecule has 0 N–H and O–H groups in total. The molecule has 0 saturated carbocycles. The number of carbonyl (C=O) groups is 1. The van der Waals surface area contributed by atoms with E-state index in [0.29, 0.717) is 12.2 Å². The highest BCUT2D eigenvalue weighted by Gasteiger charge is 2.15. The molecular formula is C12H23O+. The molecule has 0 radical (unpaired) electrons. The van der Waals surface area contributed by atoms with Crippen LogP contribution < -0.4 is 0 Å². The molecule has 0 spiro atoms. The molecule has 0 bridgehead atoms. The number of rotatable bonds is 8. The molecule has 13 heavy (non-hydrogen) atoms. The normalized spacial score (nSPS) is 10.1. The Bertz CT molecular complexity index is 129. The van der Waals surface area contributed by atoms with E-state index in [1.807, 2.05) is 6.92 Å². The Kier molecular flexibility index (Phi) is 7.86. The van der Waals surface area contributed by atoms with Crippen molar-refractivity contribution < 1.29 is 4.79 Å². The van der Waals surface area contributed by atoms with Gasteiger partial charge in [0.25, 0.3) is 0 Å². The lowest BCUT2D eigenvalue weighted by molar-refractivity contribution is -0.118. The summed E-state index contributed by atoms with van der Waals surface area (Å²) in [6.07, 6.45) is 7.39. The van der Waals surface area contributed by atoms with Gasteiger partial charge in [-0.3, -0.25) is 4.79 Å². The van der Waals surface area contributed by atoms with E-state index in [-0.39, 0.29) is 0 Å². The lowest BCUT2D eigenvalue weighted by Gasteiger charge is -2.02. The van der Waals surface area contributed by atoms with Crippen molar-refractivity contribution in [3.05, 3.63) is 5.92 Å². The fourth-order valence-electron chi connectivity index (χ4n) is 1.54. The molecular weight excluding hydrogens is 160 g/mol. The SMILES string of the molecule is CCC[C+](CC)CCCC(=O)CC. The van der Waals surface area contributed by atoms with Crippen LogP contribution >= 0.6 is 0 Å². The third-order valence-corrected chi connectivity index (χ3v) is 2.48. The lowest BCUT2D eigenvalue weighted by Crippen LogP contribution is -1.99. The molecule has 76 valence electrons. The predicted octanol–water partition coefficient (Wildman–Crippen LogP) is 3.92. The van der Waals surface area contributed by atoms with Gasteiger partial charge in [-0.2, -0.15) is 0 Å². The highest BCUT2D eigenvalue weighted by molar-refractivity contribution is 5.77. The molecule has 0 aromatic carbocycles. The third-order valence-electron chi connectivity index (χ3n) is 2.48. The van der Waals surface area contributed by atoms with Crippen molar-refractivity contribution in [1.82, 2.24) is 0 Å². The highest BCUT2D eigenvalue weighted by atomic mass is 16.1. The number of hydrogen-bond acceptors (Lipinski definition) is 1. The van der Waals surface area contributed by atoms with Crippen molar-refractivity contribution in [3.8, 4) is 0 Å². The molecule has 0 aliphatic carbocycles. The summed E-state index contributed by atoms with van der Waals surface area (Å²) in [5.41, 5.74) is 0. The van der Waals surface area contributed by atoms with Gasteiger partial charge in [-0.1, -0.05) is 13.8 Å². The first kappa shape index (κ1) is 12.5. The minimum Gasteiger partial charge on any atom is -0.300 e. The maximum atomic E-state index is 11.0. The van der Waals surface area contributed by atoms with Gasteiger partial charge < -0.3 is 0 Å². The maximum Gasteiger partial charge on any atom is 0.132 e. The third kappa shape index (κ3) is 6.68. The van der Waals surface area contributed by atoms with Gasteiger partial charge in [0.1, 0.15) is 5.78 Å². The summed E-state index contributed by atoms with van der Waals surface area (Å²) < 4.78 is 0. The topological polar surface area (TPSA) is 17.1 Å². The molecule has 0 heterocycles.